The molecule has 0 aromatic heterocycles. The maximum atomic E-state index is 14.6. The van der Waals surface area contributed by atoms with Gasteiger partial charge in [-0.2, -0.15) is 0 Å². The van der Waals surface area contributed by atoms with Gasteiger partial charge < -0.3 is 10.2 Å². The van der Waals surface area contributed by atoms with Crippen LogP contribution in [0.15, 0.2) is 102 Å². The average molecular weight is 660 g/mol. The van der Waals surface area contributed by atoms with Gasteiger partial charge in [-0.1, -0.05) is 97.2 Å². The third-order valence-electron chi connectivity index (χ3n) is 7.86. The Kier molecular flexibility index (Phi) is 12.0. The smallest absolute Gasteiger partial charge is 0.264 e. The summed E-state index contributed by atoms with van der Waals surface area (Å²) < 4.78 is 29.8. The van der Waals surface area contributed by atoms with Gasteiger partial charge in [0.2, 0.25) is 11.8 Å². The molecule has 0 fully saturated rings. The highest BCUT2D eigenvalue weighted by Crippen LogP contribution is 2.29. The first kappa shape index (κ1) is 34.7. The minimum atomic E-state index is -4.18. The zero-order chi connectivity index (χ0) is 33.3. The molecule has 0 aliphatic carbocycles. The Hall–Kier alpha value is -4.14. The van der Waals surface area contributed by atoms with Crippen molar-refractivity contribution in [3.63, 3.8) is 0 Å². The molecule has 0 spiro atoms. The normalized spacial score (nSPS) is 11.9. The molecule has 0 unspecified atom stereocenters. The Morgan fingerprint density at radius 1 is 0.826 bits per heavy atom. The van der Waals surface area contributed by atoms with Crippen LogP contribution in [0, 0.1) is 20.8 Å². The molecule has 4 aromatic carbocycles. The number of hydrogen-bond donors (Lipinski definition) is 1. The Morgan fingerprint density at radius 2 is 1.50 bits per heavy atom. The van der Waals surface area contributed by atoms with Crippen LogP contribution < -0.4 is 9.62 Å². The Morgan fingerprint density at radius 3 is 2.17 bits per heavy atom. The summed E-state index contributed by atoms with van der Waals surface area (Å²) in [5.41, 5.74) is 4.47. The van der Waals surface area contributed by atoms with E-state index < -0.39 is 28.5 Å². The number of nitrogens with one attached hydrogen (secondary N) is 1. The van der Waals surface area contributed by atoms with Crippen LogP contribution in [0.1, 0.15) is 47.6 Å². The third-order valence-corrected chi connectivity index (χ3v) is 9.87. The van der Waals surface area contributed by atoms with Crippen LogP contribution in [-0.2, 0) is 32.6 Å². The van der Waals surface area contributed by atoms with Gasteiger partial charge in [-0.05, 0) is 79.8 Å². The second kappa shape index (κ2) is 15.9. The first-order chi connectivity index (χ1) is 22.0. The molecule has 0 radical (unpaired) electrons. The first-order valence-corrected chi connectivity index (χ1v) is 17.3. The largest absolute Gasteiger partial charge is 0.354 e. The number of unbranched alkanes of at least 4 members (excludes halogenated alkanes) is 1. The van der Waals surface area contributed by atoms with Gasteiger partial charge in [0, 0.05) is 24.5 Å². The summed E-state index contributed by atoms with van der Waals surface area (Å²) in [7, 11) is -4.18. The third kappa shape index (κ3) is 8.98. The monoisotopic (exact) mass is 659 g/mol. The van der Waals surface area contributed by atoms with E-state index in [-0.39, 0.29) is 23.8 Å². The molecule has 0 heterocycles. The summed E-state index contributed by atoms with van der Waals surface area (Å²) in [6.45, 7) is 7.64. The van der Waals surface area contributed by atoms with Gasteiger partial charge >= 0.3 is 0 Å². The molecule has 4 rings (SSSR count). The van der Waals surface area contributed by atoms with Gasteiger partial charge in [0.05, 0.1) is 10.6 Å². The molecule has 0 bridgehead atoms. The van der Waals surface area contributed by atoms with Crippen molar-refractivity contribution in [2.24, 2.45) is 0 Å². The molecule has 7 nitrogen and oxygen atoms in total. The number of anilines is 1. The second-order valence-corrected chi connectivity index (χ2v) is 13.9. The Balaban J connectivity index is 1.82. The quantitative estimate of drug-likeness (QED) is 0.148. The Labute approximate surface area is 278 Å². The van der Waals surface area contributed by atoms with Gasteiger partial charge in [-0.3, -0.25) is 13.9 Å². The van der Waals surface area contributed by atoms with Crippen molar-refractivity contribution in [2.45, 2.75) is 64.4 Å². The molecule has 9 heteroatoms. The number of rotatable bonds is 14. The minimum Gasteiger partial charge on any atom is -0.354 e. The van der Waals surface area contributed by atoms with Crippen molar-refractivity contribution in [1.29, 1.82) is 0 Å². The maximum Gasteiger partial charge on any atom is 0.264 e. The lowest BCUT2D eigenvalue weighted by molar-refractivity contribution is -0.140. The zero-order valence-electron chi connectivity index (χ0n) is 26.9. The number of carbonyl (C=O) groups is 2. The summed E-state index contributed by atoms with van der Waals surface area (Å²) in [6.07, 6.45) is 1.94. The lowest BCUT2D eigenvalue weighted by Crippen LogP contribution is -2.53. The molecule has 0 aliphatic heterocycles. The molecule has 0 aliphatic rings. The highest BCUT2D eigenvalue weighted by Gasteiger charge is 2.35. The van der Waals surface area contributed by atoms with Crippen molar-refractivity contribution in [3.05, 3.63) is 130 Å². The van der Waals surface area contributed by atoms with E-state index >= 15 is 0 Å². The van der Waals surface area contributed by atoms with Crippen molar-refractivity contribution < 1.29 is 18.0 Å². The topological polar surface area (TPSA) is 86.8 Å². The molecular weight excluding hydrogens is 618 g/mol. The van der Waals surface area contributed by atoms with Gasteiger partial charge in [-0.25, -0.2) is 8.42 Å². The summed E-state index contributed by atoms with van der Waals surface area (Å²) in [6, 6.07) is 27.8. The fraction of sp³-hybridized carbons (Fsp3) is 0.297. The summed E-state index contributed by atoms with van der Waals surface area (Å²) in [4.78, 5) is 30.0. The number of hydrogen-bond acceptors (Lipinski definition) is 4. The standard InChI is InChI=1S/C37H42ClN3O4S/c1-5-6-21-39-37(43)35(24-30-11-8-7-9-12-30)40(25-31-13-10-14-32(38)23-31)36(42)26-41(34-22-28(3)15-18-29(34)4)46(44,45)33-19-16-27(2)17-20-33/h7-20,22-23,35H,5-6,21,24-26H2,1-4H3,(H,39,43)/t35-/m1/s1. The molecule has 242 valence electrons. The first-order valence-electron chi connectivity index (χ1n) is 15.5. The number of aryl methyl sites for hydroxylation is 3. The fourth-order valence-corrected chi connectivity index (χ4v) is 6.91. The van der Waals surface area contributed by atoms with Crippen LogP contribution in [0.5, 0.6) is 0 Å². The molecule has 0 saturated heterocycles. The van der Waals surface area contributed by atoms with E-state index in [4.69, 9.17) is 11.6 Å². The summed E-state index contributed by atoms with van der Waals surface area (Å²) in [5.74, 6) is -0.810. The predicted molar refractivity (Wildman–Crippen MR) is 185 cm³/mol. The SMILES string of the molecule is CCCCNC(=O)[C@@H](Cc1ccccc1)N(Cc1cccc(Cl)c1)C(=O)CN(c1cc(C)ccc1C)S(=O)(=O)c1ccc(C)cc1. The summed E-state index contributed by atoms with van der Waals surface area (Å²) >= 11 is 6.33. The number of amides is 2. The van der Waals surface area contributed by atoms with E-state index in [1.54, 1.807) is 48.5 Å². The maximum absolute atomic E-state index is 14.6. The van der Waals surface area contributed by atoms with Crippen molar-refractivity contribution in [3.8, 4) is 0 Å². The van der Waals surface area contributed by atoms with Crippen molar-refractivity contribution >= 4 is 39.1 Å². The van der Waals surface area contributed by atoms with Crippen LogP contribution >= 0.6 is 11.6 Å². The lowest BCUT2D eigenvalue weighted by atomic mass is 10.0. The highest BCUT2D eigenvalue weighted by atomic mass is 35.5. The van der Waals surface area contributed by atoms with E-state index in [0.717, 1.165) is 35.1 Å². The van der Waals surface area contributed by atoms with Gasteiger partial charge in [0.1, 0.15) is 12.6 Å². The molecule has 1 atom stereocenters. The zero-order valence-corrected chi connectivity index (χ0v) is 28.4. The van der Waals surface area contributed by atoms with Crippen LogP contribution in [0.2, 0.25) is 5.02 Å². The highest BCUT2D eigenvalue weighted by molar-refractivity contribution is 7.92. The van der Waals surface area contributed by atoms with E-state index in [1.807, 2.05) is 76.2 Å². The Bertz CT molecular complexity index is 1740. The number of nitrogens with zero attached hydrogens (tertiary/aromatic N) is 2. The van der Waals surface area contributed by atoms with Gasteiger partial charge in [-0.15, -0.1) is 0 Å². The number of benzene rings is 4. The number of carbonyl (C=O) groups excluding carboxylic acids is 2. The van der Waals surface area contributed by atoms with Crippen LogP contribution in [0.4, 0.5) is 5.69 Å². The van der Waals surface area contributed by atoms with E-state index in [1.165, 1.54) is 9.21 Å². The number of sulfonamides is 1. The second-order valence-electron chi connectivity index (χ2n) is 11.6. The van der Waals surface area contributed by atoms with Crippen molar-refractivity contribution in [1.82, 2.24) is 10.2 Å². The van der Waals surface area contributed by atoms with Crippen LogP contribution in [-0.4, -0.2) is 44.3 Å². The van der Waals surface area contributed by atoms with E-state index in [2.05, 4.69) is 5.32 Å². The van der Waals surface area contributed by atoms with Crippen molar-refractivity contribution in [2.75, 3.05) is 17.4 Å². The molecule has 2 amide bonds. The summed E-state index contributed by atoms with van der Waals surface area (Å²) in [5, 5.41) is 3.50. The van der Waals surface area contributed by atoms with Gasteiger partial charge in [0.15, 0.2) is 0 Å². The average Bonchev–Trinajstić information content (AvgIpc) is 3.03. The molecule has 4 aromatic rings. The van der Waals surface area contributed by atoms with Crippen LogP contribution in [0.25, 0.3) is 0 Å². The fourth-order valence-electron chi connectivity index (χ4n) is 5.23. The van der Waals surface area contributed by atoms with E-state index in [0.29, 0.717) is 22.8 Å². The lowest BCUT2D eigenvalue weighted by Gasteiger charge is -2.34. The molecule has 46 heavy (non-hydrogen) atoms. The molecule has 1 N–H and O–H groups in total. The van der Waals surface area contributed by atoms with E-state index in [9.17, 15) is 18.0 Å². The minimum absolute atomic E-state index is 0.0588. The van der Waals surface area contributed by atoms with Crippen LogP contribution in [0.3, 0.4) is 0 Å². The molecular formula is C37H42ClN3O4S. The molecule has 0 saturated carbocycles. The predicted octanol–water partition coefficient (Wildman–Crippen LogP) is 7.02. The number of halogens is 1. The van der Waals surface area contributed by atoms with Gasteiger partial charge in [0.25, 0.3) is 10.0 Å².